The van der Waals surface area contributed by atoms with E-state index in [1.54, 1.807) is 12.3 Å². The highest BCUT2D eigenvalue weighted by Gasteiger charge is 2.23. The van der Waals surface area contributed by atoms with Crippen LogP contribution in [-0.2, 0) is 13.0 Å². The van der Waals surface area contributed by atoms with Crippen molar-refractivity contribution in [1.29, 1.82) is 0 Å². The Morgan fingerprint density at radius 3 is 3.09 bits per heavy atom. The zero-order valence-corrected chi connectivity index (χ0v) is 13.1. The number of aryl methyl sites for hydroxylation is 1. The predicted molar refractivity (Wildman–Crippen MR) is 81.6 cm³/mol. The van der Waals surface area contributed by atoms with Crippen LogP contribution in [0.4, 0.5) is 0 Å². The molecule has 0 fully saturated rings. The van der Waals surface area contributed by atoms with Gasteiger partial charge in [0.15, 0.2) is 0 Å². The molecule has 6 nitrogen and oxygen atoms in total. The molecule has 0 bridgehead atoms. The quantitative estimate of drug-likeness (QED) is 0.921. The van der Waals surface area contributed by atoms with Crippen LogP contribution in [0.25, 0.3) is 0 Å². The number of hydrogen-bond donors (Lipinski definition) is 1. The Kier molecular flexibility index (Phi) is 4.27. The van der Waals surface area contributed by atoms with Gasteiger partial charge in [-0.1, -0.05) is 19.0 Å². The Hall–Kier alpha value is -2.11. The minimum absolute atomic E-state index is 0.107. The molecule has 0 saturated heterocycles. The van der Waals surface area contributed by atoms with Crippen LogP contribution in [0.3, 0.4) is 0 Å². The number of rotatable bonds is 5. The Morgan fingerprint density at radius 2 is 2.32 bits per heavy atom. The van der Waals surface area contributed by atoms with Crippen LogP contribution < -0.4 is 5.32 Å². The van der Waals surface area contributed by atoms with Crippen molar-refractivity contribution in [3.8, 4) is 0 Å². The van der Waals surface area contributed by atoms with E-state index in [9.17, 15) is 4.79 Å². The number of nitrogens with one attached hydrogen (secondary N) is 1. The zero-order chi connectivity index (χ0) is 15.5. The lowest BCUT2D eigenvalue weighted by Gasteiger charge is -2.24. The summed E-state index contributed by atoms with van der Waals surface area (Å²) in [6, 6.07) is 1.88. The van der Waals surface area contributed by atoms with E-state index in [4.69, 9.17) is 4.52 Å². The van der Waals surface area contributed by atoms with Gasteiger partial charge in [-0.2, -0.15) is 0 Å². The number of nitrogens with zero attached hydrogens (tertiary/aromatic N) is 3. The molecule has 22 heavy (non-hydrogen) atoms. The summed E-state index contributed by atoms with van der Waals surface area (Å²) in [6.07, 6.45) is 7.53. The molecule has 1 atom stereocenters. The molecule has 0 radical (unpaired) electrons. The van der Waals surface area contributed by atoms with Gasteiger partial charge in [-0.15, -0.1) is 0 Å². The van der Waals surface area contributed by atoms with Crippen LogP contribution >= 0.6 is 0 Å². The summed E-state index contributed by atoms with van der Waals surface area (Å²) in [5.41, 5.74) is 0.871. The van der Waals surface area contributed by atoms with Gasteiger partial charge in [-0.25, -0.2) is 4.98 Å². The van der Waals surface area contributed by atoms with Crippen molar-refractivity contribution < 1.29 is 9.32 Å². The van der Waals surface area contributed by atoms with Crippen molar-refractivity contribution >= 4 is 5.91 Å². The third-order valence-corrected chi connectivity index (χ3v) is 4.43. The van der Waals surface area contributed by atoms with Crippen LogP contribution in [0.15, 0.2) is 23.0 Å². The number of carbonyl (C=O) groups excluding carboxylic acids is 1. The van der Waals surface area contributed by atoms with E-state index in [-0.39, 0.29) is 11.9 Å². The molecule has 0 aliphatic carbocycles. The fourth-order valence-corrected chi connectivity index (χ4v) is 3.04. The fourth-order valence-electron chi connectivity index (χ4n) is 3.04. The van der Waals surface area contributed by atoms with Gasteiger partial charge in [0.25, 0.3) is 5.91 Å². The topological polar surface area (TPSA) is 73.0 Å². The van der Waals surface area contributed by atoms with Crippen LogP contribution in [0, 0.1) is 0 Å². The van der Waals surface area contributed by atoms with E-state index in [0.29, 0.717) is 11.7 Å². The van der Waals surface area contributed by atoms with Crippen LogP contribution in [0.5, 0.6) is 0 Å². The molecule has 1 N–H and O–H groups in total. The average molecular weight is 302 g/mol. The standard InChI is InChI=1S/C16H22N4O2/c1-3-11(4-2)13-9-14(22-19-13)16(21)18-12-5-6-15-17-7-8-20(15)10-12/h7-9,11-12H,3-6,10H2,1-2H3,(H,18,21). The first-order chi connectivity index (χ1) is 10.7. The molecule has 3 rings (SSSR count). The molecule has 0 saturated carbocycles. The van der Waals surface area contributed by atoms with Crippen molar-refractivity contribution in [3.63, 3.8) is 0 Å². The molecule has 1 amide bonds. The minimum atomic E-state index is -0.182. The van der Waals surface area contributed by atoms with Crippen LogP contribution in [0.2, 0.25) is 0 Å². The van der Waals surface area contributed by atoms with Crippen LogP contribution in [-0.4, -0.2) is 26.7 Å². The normalized spacial score (nSPS) is 17.5. The number of amides is 1. The molecule has 3 heterocycles. The summed E-state index contributed by atoms with van der Waals surface area (Å²) in [7, 11) is 0. The van der Waals surface area contributed by atoms with Gasteiger partial charge < -0.3 is 14.4 Å². The lowest BCUT2D eigenvalue weighted by Crippen LogP contribution is -2.40. The number of hydrogen-bond acceptors (Lipinski definition) is 4. The van der Waals surface area contributed by atoms with E-state index >= 15 is 0 Å². The minimum Gasteiger partial charge on any atom is -0.351 e. The zero-order valence-electron chi connectivity index (χ0n) is 13.1. The second kappa shape index (κ2) is 6.34. The number of imidazole rings is 1. The van der Waals surface area contributed by atoms with Gasteiger partial charge in [0.1, 0.15) is 5.82 Å². The molecule has 1 unspecified atom stereocenters. The van der Waals surface area contributed by atoms with Crippen LogP contribution in [0.1, 0.15) is 61.1 Å². The van der Waals surface area contributed by atoms with E-state index in [0.717, 1.165) is 43.7 Å². The third kappa shape index (κ3) is 2.91. The molecule has 1 aliphatic rings. The molecule has 1 aliphatic heterocycles. The number of carbonyl (C=O) groups is 1. The highest BCUT2D eigenvalue weighted by molar-refractivity contribution is 5.91. The summed E-state index contributed by atoms with van der Waals surface area (Å²) in [5, 5.41) is 7.08. The largest absolute Gasteiger partial charge is 0.351 e. The number of fused-ring (bicyclic) bond motifs is 1. The fraction of sp³-hybridized carbons (Fsp3) is 0.562. The van der Waals surface area contributed by atoms with Gasteiger partial charge in [0, 0.05) is 43.4 Å². The Labute approximate surface area is 129 Å². The predicted octanol–water partition coefficient (Wildman–Crippen LogP) is 2.52. The van der Waals surface area contributed by atoms with E-state index < -0.39 is 0 Å². The highest BCUT2D eigenvalue weighted by atomic mass is 16.5. The first-order valence-corrected chi connectivity index (χ1v) is 7.98. The maximum atomic E-state index is 12.3. The Bertz CT molecular complexity index is 642. The summed E-state index contributed by atoms with van der Waals surface area (Å²) < 4.78 is 7.31. The molecule has 6 heteroatoms. The summed E-state index contributed by atoms with van der Waals surface area (Å²) in [4.78, 5) is 16.6. The second-order valence-electron chi connectivity index (χ2n) is 5.83. The molecule has 118 valence electrons. The molecule has 0 spiro atoms. The maximum absolute atomic E-state index is 12.3. The summed E-state index contributed by atoms with van der Waals surface area (Å²) in [6.45, 7) is 5.00. The molecule has 2 aromatic heterocycles. The first-order valence-electron chi connectivity index (χ1n) is 7.98. The molecule has 2 aromatic rings. The van der Waals surface area contributed by atoms with Crippen molar-refractivity contribution in [1.82, 2.24) is 20.0 Å². The lowest BCUT2D eigenvalue weighted by molar-refractivity contribution is 0.0890. The summed E-state index contributed by atoms with van der Waals surface area (Å²) in [5.74, 6) is 1.56. The Balaban J connectivity index is 1.63. The van der Waals surface area contributed by atoms with Crippen molar-refractivity contribution in [3.05, 3.63) is 35.7 Å². The second-order valence-corrected chi connectivity index (χ2v) is 5.83. The van der Waals surface area contributed by atoms with Gasteiger partial charge in [0.2, 0.25) is 5.76 Å². The smallest absolute Gasteiger partial charge is 0.290 e. The lowest BCUT2D eigenvalue weighted by atomic mass is 9.99. The van der Waals surface area contributed by atoms with Crippen molar-refractivity contribution in [2.45, 2.75) is 58.0 Å². The maximum Gasteiger partial charge on any atom is 0.290 e. The van der Waals surface area contributed by atoms with Gasteiger partial charge in [-0.3, -0.25) is 4.79 Å². The van der Waals surface area contributed by atoms with Crippen molar-refractivity contribution in [2.24, 2.45) is 0 Å². The highest BCUT2D eigenvalue weighted by Crippen LogP contribution is 2.22. The third-order valence-electron chi connectivity index (χ3n) is 4.43. The van der Waals surface area contributed by atoms with Crippen molar-refractivity contribution in [2.75, 3.05) is 0 Å². The van der Waals surface area contributed by atoms with Gasteiger partial charge in [0.05, 0.1) is 5.69 Å². The average Bonchev–Trinajstić information content (AvgIpc) is 3.17. The van der Waals surface area contributed by atoms with Gasteiger partial charge in [-0.05, 0) is 19.3 Å². The monoisotopic (exact) mass is 302 g/mol. The molecular formula is C16H22N4O2. The van der Waals surface area contributed by atoms with E-state index in [1.807, 2.05) is 6.20 Å². The summed E-state index contributed by atoms with van der Waals surface area (Å²) >= 11 is 0. The first kappa shape index (κ1) is 14.8. The van der Waals surface area contributed by atoms with E-state index in [2.05, 4.69) is 33.9 Å². The van der Waals surface area contributed by atoms with Gasteiger partial charge >= 0.3 is 0 Å². The Morgan fingerprint density at radius 1 is 1.50 bits per heavy atom. The molecular weight excluding hydrogens is 280 g/mol. The molecule has 0 aromatic carbocycles. The SMILES string of the molecule is CCC(CC)c1cc(C(=O)NC2CCc3nccn3C2)on1. The number of aromatic nitrogens is 3. The van der Waals surface area contributed by atoms with E-state index in [1.165, 1.54) is 0 Å².